The van der Waals surface area contributed by atoms with Gasteiger partial charge >= 0.3 is 0 Å². The quantitative estimate of drug-likeness (QED) is 0.304. The van der Waals surface area contributed by atoms with Gasteiger partial charge in [0.05, 0.1) is 23.3 Å². The number of nitrogens with one attached hydrogen (secondary N) is 3. The molecular weight excluding hydrogens is 390 g/mol. The Morgan fingerprint density at radius 3 is 2.45 bits per heavy atom. The molecule has 156 valence electrons. The maximum absolute atomic E-state index is 10.1. The van der Waals surface area contributed by atoms with Crippen LogP contribution in [0.25, 0.3) is 22.4 Å². The summed E-state index contributed by atoms with van der Waals surface area (Å²) in [7, 11) is 0. The van der Waals surface area contributed by atoms with Crippen LogP contribution in [0.4, 0.5) is 11.5 Å². The standard InChI is InChI=1S/C24H23N5O2/c30-20-9-10-21(23(31)11-20)15-1-3-16(4-2-15)22-12-24(29-28-22)27-19-8-7-18(26-14-19)13-25-17-5-6-17/h1-4,7-12,14,17,25,30-31H,5-6,13H2,(H2,27,28,29). The molecule has 0 radical (unpaired) electrons. The summed E-state index contributed by atoms with van der Waals surface area (Å²) in [6.45, 7) is 0.803. The van der Waals surface area contributed by atoms with E-state index in [9.17, 15) is 10.2 Å². The lowest BCUT2D eigenvalue weighted by molar-refractivity contribution is 0.452. The van der Waals surface area contributed by atoms with Crippen molar-refractivity contribution in [2.45, 2.75) is 25.4 Å². The Balaban J connectivity index is 1.25. The van der Waals surface area contributed by atoms with E-state index >= 15 is 0 Å². The molecule has 0 spiro atoms. The molecule has 1 aliphatic rings. The van der Waals surface area contributed by atoms with Crippen LogP contribution in [0.2, 0.25) is 0 Å². The molecule has 2 aromatic carbocycles. The van der Waals surface area contributed by atoms with Crippen LogP contribution in [0.1, 0.15) is 18.5 Å². The monoisotopic (exact) mass is 413 g/mol. The largest absolute Gasteiger partial charge is 0.508 e. The van der Waals surface area contributed by atoms with E-state index in [0.717, 1.165) is 40.6 Å². The molecule has 7 heteroatoms. The second kappa shape index (κ2) is 8.12. The minimum absolute atomic E-state index is 0.0363. The van der Waals surface area contributed by atoms with E-state index in [4.69, 9.17) is 0 Å². The van der Waals surface area contributed by atoms with E-state index in [2.05, 4.69) is 25.8 Å². The van der Waals surface area contributed by atoms with Gasteiger partial charge in [0, 0.05) is 35.8 Å². The number of hydrogen-bond donors (Lipinski definition) is 5. The topological polar surface area (TPSA) is 106 Å². The molecule has 4 aromatic rings. The summed E-state index contributed by atoms with van der Waals surface area (Å²) in [5.41, 5.74) is 5.20. The molecule has 31 heavy (non-hydrogen) atoms. The number of phenolic OH excluding ortho intramolecular Hbond substituents is 2. The third-order valence-electron chi connectivity index (χ3n) is 5.30. The van der Waals surface area contributed by atoms with Crippen molar-refractivity contribution in [2.75, 3.05) is 5.32 Å². The van der Waals surface area contributed by atoms with Crippen molar-refractivity contribution >= 4 is 11.5 Å². The van der Waals surface area contributed by atoms with Crippen LogP contribution in [0, 0.1) is 0 Å². The van der Waals surface area contributed by atoms with Crippen molar-refractivity contribution in [1.29, 1.82) is 0 Å². The van der Waals surface area contributed by atoms with E-state index in [-0.39, 0.29) is 11.5 Å². The zero-order chi connectivity index (χ0) is 21.2. The summed E-state index contributed by atoms with van der Waals surface area (Å²) in [4.78, 5) is 4.50. The molecule has 0 unspecified atom stereocenters. The average Bonchev–Trinajstić information content (AvgIpc) is 3.50. The molecule has 5 rings (SSSR count). The maximum atomic E-state index is 10.1. The number of hydrogen-bond acceptors (Lipinski definition) is 6. The van der Waals surface area contributed by atoms with Gasteiger partial charge in [-0.05, 0) is 42.7 Å². The van der Waals surface area contributed by atoms with Gasteiger partial charge in [0.1, 0.15) is 17.3 Å². The summed E-state index contributed by atoms with van der Waals surface area (Å²) in [6.07, 6.45) is 4.36. The summed E-state index contributed by atoms with van der Waals surface area (Å²) in [6, 6.07) is 19.0. The molecule has 5 N–H and O–H groups in total. The van der Waals surface area contributed by atoms with E-state index in [1.165, 1.54) is 18.9 Å². The zero-order valence-electron chi connectivity index (χ0n) is 16.8. The van der Waals surface area contributed by atoms with Gasteiger partial charge in [-0.3, -0.25) is 10.1 Å². The molecule has 1 saturated carbocycles. The summed E-state index contributed by atoms with van der Waals surface area (Å²) < 4.78 is 0. The van der Waals surface area contributed by atoms with Crippen LogP contribution >= 0.6 is 0 Å². The lowest BCUT2D eigenvalue weighted by atomic mass is 10.0. The second-order valence-corrected chi connectivity index (χ2v) is 7.76. The predicted octanol–water partition coefficient (Wildman–Crippen LogP) is 4.55. The number of H-pyrrole nitrogens is 1. The number of aromatic amines is 1. The fraction of sp³-hybridized carbons (Fsp3) is 0.167. The molecular formula is C24H23N5O2. The SMILES string of the molecule is Oc1ccc(-c2ccc(-c3cc(Nc4ccc(CNC5CC5)nc4)[nH]n3)cc2)c(O)c1. The fourth-order valence-electron chi connectivity index (χ4n) is 3.41. The molecule has 0 saturated heterocycles. The van der Waals surface area contributed by atoms with E-state index in [1.54, 1.807) is 12.1 Å². The van der Waals surface area contributed by atoms with Crippen LogP contribution in [-0.2, 0) is 6.54 Å². The van der Waals surface area contributed by atoms with Crippen molar-refractivity contribution in [3.05, 3.63) is 72.6 Å². The number of pyridine rings is 1. The smallest absolute Gasteiger partial charge is 0.127 e. The second-order valence-electron chi connectivity index (χ2n) is 7.76. The van der Waals surface area contributed by atoms with Crippen molar-refractivity contribution in [3.63, 3.8) is 0 Å². The third kappa shape index (κ3) is 4.51. The number of anilines is 2. The minimum Gasteiger partial charge on any atom is -0.508 e. The number of aromatic nitrogens is 3. The first-order chi connectivity index (χ1) is 15.1. The first kappa shape index (κ1) is 19.1. The van der Waals surface area contributed by atoms with Gasteiger partial charge in [0.15, 0.2) is 0 Å². The first-order valence-electron chi connectivity index (χ1n) is 10.3. The molecule has 2 heterocycles. The Bertz CT molecular complexity index is 1180. The number of phenols is 2. The molecule has 0 aliphatic heterocycles. The Labute approximate surface area is 179 Å². The van der Waals surface area contributed by atoms with E-state index in [1.807, 2.05) is 48.7 Å². The van der Waals surface area contributed by atoms with Crippen LogP contribution in [0.15, 0.2) is 66.9 Å². The lowest BCUT2D eigenvalue weighted by Crippen LogP contribution is -2.16. The average molecular weight is 413 g/mol. The van der Waals surface area contributed by atoms with Crippen molar-refractivity contribution in [2.24, 2.45) is 0 Å². The zero-order valence-corrected chi connectivity index (χ0v) is 16.8. The van der Waals surface area contributed by atoms with Crippen LogP contribution in [0.3, 0.4) is 0 Å². The van der Waals surface area contributed by atoms with Gasteiger partial charge < -0.3 is 20.8 Å². The fourth-order valence-corrected chi connectivity index (χ4v) is 3.41. The summed E-state index contributed by atoms with van der Waals surface area (Å²) in [5, 5.41) is 33.7. The number of benzene rings is 2. The minimum atomic E-state index is 0.0363. The van der Waals surface area contributed by atoms with Crippen LogP contribution < -0.4 is 10.6 Å². The Morgan fingerprint density at radius 1 is 0.935 bits per heavy atom. The highest BCUT2D eigenvalue weighted by molar-refractivity contribution is 5.74. The molecule has 2 aromatic heterocycles. The Kier molecular flexibility index (Phi) is 5.01. The third-order valence-corrected chi connectivity index (χ3v) is 5.30. The van der Waals surface area contributed by atoms with Crippen molar-refractivity contribution in [1.82, 2.24) is 20.5 Å². The van der Waals surface area contributed by atoms with Gasteiger partial charge in [-0.2, -0.15) is 5.10 Å². The number of nitrogens with zero attached hydrogens (tertiary/aromatic N) is 2. The Morgan fingerprint density at radius 2 is 1.74 bits per heavy atom. The van der Waals surface area contributed by atoms with Crippen LogP contribution in [0.5, 0.6) is 11.5 Å². The molecule has 0 atom stereocenters. The summed E-state index contributed by atoms with van der Waals surface area (Å²) in [5.74, 6) is 0.858. The van der Waals surface area contributed by atoms with Crippen molar-refractivity contribution < 1.29 is 10.2 Å². The highest BCUT2D eigenvalue weighted by Crippen LogP contribution is 2.33. The van der Waals surface area contributed by atoms with Crippen LogP contribution in [-0.4, -0.2) is 31.4 Å². The van der Waals surface area contributed by atoms with Crippen molar-refractivity contribution in [3.8, 4) is 33.9 Å². The summed E-state index contributed by atoms with van der Waals surface area (Å²) >= 11 is 0. The molecule has 0 bridgehead atoms. The predicted molar refractivity (Wildman–Crippen MR) is 120 cm³/mol. The van der Waals surface area contributed by atoms with Gasteiger partial charge in [0.2, 0.25) is 0 Å². The van der Waals surface area contributed by atoms with Gasteiger partial charge in [-0.15, -0.1) is 0 Å². The molecule has 1 aliphatic carbocycles. The highest BCUT2D eigenvalue weighted by atomic mass is 16.3. The highest BCUT2D eigenvalue weighted by Gasteiger charge is 2.20. The maximum Gasteiger partial charge on any atom is 0.127 e. The molecule has 1 fully saturated rings. The normalized spacial score (nSPS) is 13.3. The molecule has 0 amide bonds. The first-order valence-corrected chi connectivity index (χ1v) is 10.3. The lowest BCUT2D eigenvalue weighted by Gasteiger charge is -2.06. The van der Waals surface area contributed by atoms with Gasteiger partial charge in [-0.1, -0.05) is 24.3 Å². The molecule has 7 nitrogen and oxygen atoms in total. The van der Waals surface area contributed by atoms with E-state index in [0.29, 0.717) is 11.6 Å². The van der Waals surface area contributed by atoms with E-state index < -0.39 is 0 Å². The van der Waals surface area contributed by atoms with Gasteiger partial charge in [0.25, 0.3) is 0 Å². The Hall–Kier alpha value is -3.84. The number of aromatic hydroxyl groups is 2. The number of rotatable bonds is 7. The van der Waals surface area contributed by atoms with Gasteiger partial charge in [-0.25, -0.2) is 0 Å².